The molecule has 0 unspecified atom stereocenters. The van der Waals surface area contributed by atoms with Gasteiger partial charge in [0, 0.05) is 41.2 Å². The van der Waals surface area contributed by atoms with Crippen molar-refractivity contribution in [1.29, 1.82) is 0 Å². The van der Waals surface area contributed by atoms with Gasteiger partial charge in [-0.3, -0.25) is 14.2 Å². The maximum atomic E-state index is 13.8. The predicted molar refractivity (Wildman–Crippen MR) is 131 cm³/mol. The van der Waals surface area contributed by atoms with Crippen LogP contribution in [0.15, 0.2) is 29.2 Å². The van der Waals surface area contributed by atoms with Gasteiger partial charge in [-0.1, -0.05) is 6.92 Å². The normalized spacial score (nSPS) is 17.9. The number of esters is 1. The van der Waals surface area contributed by atoms with Gasteiger partial charge in [0.25, 0.3) is 5.56 Å². The fourth-order valence-electron chi connectivity index (χ4n) is 4.52. The van der Waals surface area contributed by atoms with Gasteiger partial charge in [-0.2, -0.15) is 4.98 Å². The minimum atomic E-state index is -0.230. The van der Waals surface area contributed by atoms with Crippen molar-refractivity contribution in [3.8, 4) is 17.0 Å². The number of aromatic nitrogens is 4. The van der Waals surface area contributed by atoms with Crippen LogP contribution in [0.2, 0.25) is 0 Å². The van der Waals surface area contributed by atoms with E-state index in [1.54, 1.807) is 30.9 Å². The number of ether oxygens (including phenoxy) is 3. The molecule has 1 fully saturated rings. The van der Waals surface area contributed by atoms with E-state index in [0.29, 0.717) is 41.4 Å². The van der Waals surface area contributed by atoms with E-state index < -0.39 is 0 Å². The Morgan fingerprint density at radius 1 is 1.17 bits per heavy atom. The summed E-state index contributed by atoms with van der Waals surface area (Å²) in [6, 6.07) is 5.32. The highest BCUT2D eigenvalue weighted by Crippen LogP contribution is 2.33. The Kier molecular flexibility index (Phi) is 7.60. The molecule has 4 rings (SSSR count). The average molecular weight is 482 g/mol. The van der Waals surface area contributed by atoms with Crippen LogP contribution in [0.1, 0.15) is 50.8 Å². The summed E-state index contributed by atoms with van der Waals surface area (Å²) in [6.07, 6.45) is 5.12. The molecule has 0 bridgehead atoms. The minimum absolute atomic E-state index is 0.0531. The van der Waals surface area contributed by atoms with Crippen molar-refractivity contribution in [3.63, 3.8) is 0 Å². The molecular weight excluding hydrogens is 450 g/mol. The molecule has 3 aromatic heterocycles. The molecule has 186 valence electrons. The van der Waals surface area contributed by atoms with Gasteiger partial charge in [0.2, 0.25) is 11.8 Å². The average Bonchev–Trinajstić information content (AvgIpc) is 2.87. The van der Waals surface area contributed by atoms with Crippen LogP contribution >= 0.6 is 0 Å². The molecule has 1 aliphatic rings. The summed E-state index contributed by atoms with van der Waals surface area (Å²) in [6.45, 7) is 4.24. The van der Waals surface area contributed by atoms with Crippen molar-refractivity contribution in [2.45, 2.75) is 58.1 Å². The number of nitrogen functional groups attached to an aromatic ring is 1. The molecule has 0 aromatic carbocycles. The number of rotatable bonds is 8. The number of aryl methyl sites for hydroxylation is 1. The highest BCUT2D eigenvalue weighted by atomic mass is 16.6. The van der Waals surface area contributed by atoms with E-state index in [4.69, 9.17) is 19.9 Å². The van der Waals surface area contributed by atoms with Gasteiger partial charge < -0.3 is 19.9 Å². The number of carbonyl (C=O) groups is 1. The third kappa shape index (κ3) is 5.43. The molecular formula is C25H31N5O5. The molecule has 0 aliphatic heterocycles. The topological polar surface area (TPSA) is 131 Å². The van der Waals surface area contributed by atoms with Crippen LogP contribution in [0.5, 0.6) is 5.88 Å². The molecule has 3 heterocycles. The molecule has 10 nitrogen and oxygen atoms in total. The molecule has 0 spiro atoms. The maximum Gasteiger partial charge on any atom is 0.305 e. The van der Waals surface area contributed by atoms with E-state index in [1.807, 2.05) is 19.1 Å². The van der Waals surface area contributed by atoms with Crippen molar-refractivity contribution < 1.29 is 19.0 Å². The Morgan fingerprint density at radius 3 is 2.60 bits per heavy atom. The maximum absolute atomic E-state index is 13.8. The zero-order valence-corrected chi connectivity index (χ0v) is 20.3. The number of hydrogen-bond acceptors (Lipinski definition) is 9. The van der Waals surface area contributed by atoms with E-state index in [-0.39, 0.29) is 36.2 Å². The van der Waals surface area contributed by atoms with E-state index in [9.17, 15) is 9.59 Å². The van der Waals surface area contributed by atoms with E-state index in [0.717, 1.165) is 31.1 Å². The number of nitrogens with two attached hydrogens (primary N) is 1. The number of nitrogens with zero attached hydrogens (tertiary/aromatic N) is 4. The van der Waals surface area contributed by atoms with E-state index >= 15 is 0 Å². The molecule has 3 aromatic rings. The molecule has 0 amide bonds. The SMILES string of the molecule is CCC(=O)OCCOC1CCC(n2c(=O)c(-c3ccc(OC)nc3)cc3c(C)nc(N)nc32)CC1. The largest absolute Gasteiger partial charge is 0.481 e. The van der Waals surface area contributed by atoms with Crippen LogP contribution in [0, 0.1) is 6.92 Å². The van der Waals surface area contributed by atoms with Gasteiger partial charge in [-0.15, -0.1) is 0 Å². The lowest BCUT2D eigenvalue weighted by Gasteiger charge is -2.30. The molecule has 1 aliphatic carbocycles. The standard InChI is InChI=1S/C25H31N5O5/c1-4-22(31)35-12-11-34-18-8-6-17(7-9-18)30-23-19(15(2)28-25(26)29-23)13-20(24(30)32)16-5-10-21(33-3)27-14-16/h5,10,13-14,17-18H,4,6-9,11-12H2,1-3H3,(H2,26,28,29). The summed E-state index contributed by atoms with van der Waals surface area (Å²) in [4.78, 5) is 38.1. The van der Waals surface area contributed by atoms with Crippen molar-refractivity contribution in [3.05, 3.63) is 40.4 Å². The number of hydrogen-bond donors (Lipinski definition) is 1. The molecule has 10 heteroatoms. The summed E-state index contributed by atoms with van der Waals surface area (Å²) in [5.41, 5.74) is 8.29. The van der Waals surface area contributed by atoms with Crippen molar-refractivity contribution in [2.24, 2.45) is 0 Å². The Morgan fingerprint density at radius 2 is 1.94 bits per heavy atom. The summed E-state index contributed by atoms with van der Waals surface area (Å²) in [5.74, 6) is 0.387. The highest BCUT2D eigenvalue weighted by molar-refractivity contribution is 5.84. The van der Waals surface area contributed by atoms with Crippen LogP contribution in [-0.4, -0.2) is 51.9 Å². The van der Waals surface area contributed by atoms with Crippen LogP contribution in [-0.2, 0) is 14.3 Å². The summed E-state index contributed by atoms with van der Waals surface area (Å²) in [5, 5.41) is 0.778. The first-order chi connectivity index (χ1) is 16.9. The third-order valence-corrected chi connectivity index (χ3v) is 6.35. The fourth-order valence-corrected chi connectivity index (χ4v) is 4.52. The molecule has 0 saturated heterocycles. The van der Waals surface area contributed by atoms with Crippen molar-refractivity contribution in [1.82, 2.24) is 19.5 Å². The lowest BCUT2D eigenvalue weighted by Crippen LogP contribution is -2.32. The Balaban J connectivity index is 1.61. The third-order valence-electron chi connectivity index (χ3n) is 6.35. The fraction of sp³-hybridized carbons (Fsp3) is 0.480. The smallest absolute Gasteiger partial charge is 0.305 e. The van der Waals surface area contributed by atoms with Crippen LogP contribution in [0.25, 0.3) is 22.2 Å². The Hall–Kier alpha value is -3.53. The number of anilines is 1. The quantitative estimate of drug-likeness (QED) is 0.380. The number of methoxy groups -OCH3 is 1. The van der Waals surface area contributed by atoms with Gasteiger partial charge in [-0.05, 0) is 44.7 Å². The van der Waals surface area contributed by atoms with Crippen LogP contribution < -0.4 is 16.0 Å². The van der Waals surface area contributed by atoms with Gasteiger partial charge in [0.05, 0.1) is 25.5 Å². The van der Waals surface area contributed by atoms with Crippen LogP contribution in [0.3, 0.4) is 0 Å². The zero-order valence-electron chi connectivity index (χ0n) is 20.3. The minimum Gasteiger partial charge on any atom is -0.481 e. The first-order valence-electron chi connectivity index (χ1n) is 11.9. The second kappa shape index (κ2) is 10.8. The molecule has 2 N–H and O–H groups in total. The highest BCUT2D eigenvalue weighted by Gasteiger charge is 2.27. The van der Waals surface area contributed by atoms with Gasteiger partial charge >= 0.3 is 5.97 Å². The Bertz CT molecular complexity index is 1250. The second-order valence-electron chi connectivity index (χ2n) is 8.60. The monoisotopic (exact) mass is 481 g/mol. The first-order valence-corrected chi connectivity index (χ1v) is 11.9. The molecule has 0 atom stereocenters. The summed E-state index contributed by atoms with van der Waals surface area (Å²) < 4.78 is 17.9. The number of pyridine rings is 2. The van der Waals surface area contributed by atoms with Crippen molar-refractivity contribution in [2.75, 3.05) is 26.1 Å². The van der Waals surface area contributed by atoms with E-state index in [1.165, 1.54) is 0 Å². The van der Waals surface area contributed by atoms with Crippen LogP contribution in [0.4, 0.5) is 5.95 Å². The molecule has 0 radical (unpaired) electrons. The van der Waals surface area contributed by atoms with Gasteiger partial charge in [-0.25, -0.2) is 9.97 Å². The molecule has 1 saturated carbocycles. The lowest BCUT2D eigenvalue weighted by molar-refractivity contribution is -0.145. The Labute approximate surface area is 203 Å². The second-order valence-corrected chi connectivity index (χ2v) is 8.60. The summed E-state index contributed by atoms with van der Waals surface area (Å²) in [7, 11) is 1.55. The number of carbonyl (C=O) groups excluding carboxylic acids is 1. The van der Waals surface area contributed by atoms with Gasteiger partial charge in [0.1, 0.15) is 12.3 Å². The number of fused-ring (bicyclic) bond motifs is 1. The van der Waals surface area contributed by atoms with Gasteiger partial charge in [0.15, 0.2) is 0 Å². The lowest BCUT2D eigenvalue weighted by atomic mass is 9.92. The molecule has 35 heavy (non-hydrogen) atoms. The van der Waals surface area contributed by atoms with E-state index in [2.05, 4.69) is 15.0 Å². The van der Waals surface area contributed by atoms with Crippen molar-refractivity contribution >= 4 is 23.0 Å². The zero-order chi connectivity index (χ0) is 24.9. The predicted octanol–water partition coefficient (Wildman–Crippen LogP) is 3.21. The summed E-state index contributed by atoms with van der Waals surface area (Å²) >= 11 is 0. The first kappa shape index (κ1) is 24.6.